The van der Waals surface area contributed by atoms with E-state index in [0.717, 1.165) is 5.39 Å². The highest BCUT2D eigenvalue weighted by atomic mass is 16.5. The minimum atomic E-state index is -0.0954. The third-order valence-corrected chi connectivity index (χ3v) is 2.54. The van der Waals surface area contributed by atoms with Crippen molar-refractivity contribution in [2.45, 2.75) is 19.4 Å². The van der Waals surface area contributed by atoms with Crippen molar-refractivity contribution in [2.75, 3.05) is 6.54 Å². The number of nitrogens with two attached hydrogens (primary N) is 1. The van der Waals surface area contributed by atoms with Crippen molar-refractivity contribution in [1.82, 2.24) is 10.5 Å². The number of rotatable bonds is 4. The fourth-order valence-electron chi connectivity index (χ4n) is 1.60. The molecule has 0 bridgehead atoms. The minimum absolute atomic E-state index is 0.0272. The lowest BCUT2D eigenvalue weighted by molar-refractivity contribution is -0.121. The van der Waals surface area contributed by atoms with Crippen LogP contribution in [-0.2, 0) is 11.2 Å². The van der Waals surface area contributed by atoms with E-state index in [2.05, 4.69) is 10.5 Å². The van der Waals surface area contributed by atoms with Gasteiger partial charge in [-0.2, -0.15) is 0 Å². The molecule has 0 radical (unpaired) electrons. The smallest absolute Gasteiger partial charge is 0.226 e. The maximum atomic E-state index is 11.7. The number of fused-ring (bicyclic) bond motifs is 1. The zero-order chi connectivity index (χ0) is 12.3. The maximum absolute atomic E-state index is 11.7. The van der Waals surface area contributed by atoms with Gasteiger partial charge in [-0.25, -0.2) is 0 Å². The Kier molecular flexibility index (Phi) is 3.39. The molecular weight excluding hydrogens is 218 g/mol. The number of hydrogen-bond donors (Lipinski definition) is 2. The van der Waals surface area contributed by atoms with E-state index >= 15 is 0 Å². The van der Waals surface area contributed by atoms with Crippen molar-refractivity contribution < 1.29 is 9.32 Å². The molecule has 0 aliphatic rings. The Balaban J connectivity index is 2.11. The van der Waals surface area contributed by atoms with E-state index in [-0.39, 0.29) is 18.4 Å². The molecule has 2 aromatic rings. The molecule has 1 amide bonds. The van der Waals surface area contributed by atoms with Crippen molar-refractivity contribution >= 4 is 16.9 Å². The third-order valence-electron chi connectivity index (χ3n) is 2.54. The van der Waals surface area contributed by atoms with Crippen LogP contribution in [0.2, 0.25) is 0 Å². The van der Waals surface area contributed by atoms with Crippen LogP contribution < -0.4 is 11.1 Å². The molecule has 2 rings (SSSR count). The van der Waals surface area contributed by atoms with Gasteiger partial charge < -0.3 is 15.6 Å². The zero-order valence-corrected chi connectivity index (χ0v) is 9.64. The number of carbonyl (C=O) groups is 1. The standard InChI is InChI=1S/C12H15N3O2/c1-8(7-13)14-12(16)6-10-9-4-2-3-5-11(9)17-15-10/h2-5,8H,6-7,13H2,1H3,(H,14,16)/t8-/m0/s1. The Morgan fingerprint density at radius 3 is 3.06 bits per heavy atom. The lowest BCUT2D eigenvalue weighted by atomic mass is 10.1. The van der Waals surface area contributed by atoms with Crippen LogP contribution in [-0.4, -0.2) is 23.7 Å². The molecule has 0 saturated heterocycles. The number of carbonyl (C=O) groups excluding carboxylic acids is 1. The normalized spacial score (nSPS) is 12.6. The first-order valence-corrected chi connectivity index (χ1v) is 5.53. The molecular formula is C12H15N3O2. The van der Waals surface area contributed by atoms with E-state index in [0.29, 0.717) is 17.8 Å². The molecule has 90 valence electrons. The van der Waals surface area contributed by atoms with Gasteiger partial charge in [0.15, 0.2) is 5.58 Å². The molecule has 0 unspecified atom stereocenters. The van der Waals surface area contributed by atoms with Gasteiger partial charge in [0.25, 0.3) is 0 Å². The van der Waals surface area contributed by atoms with Crippen LogP contribution in [0, 0.1) is 0 Å². The summed E-state index contributed by atoms with van der Waals surface area (Å²) in [5, 5.41) is 7.57. The highest BCUT2D eigenvalue weighted by Gasteiger charge is 2.12. The summed E-state index contributed by atoms with van der Waals surface area (Å²) in [6, 6.07) is 7.45. The number of nitrogens with zero attached hydrogens (tertiary/aromatic N) is 1. The van der Waals surface area contributed by atoms with E-state index in [1.807, 2.05) is 31.2 Å². The van der Waals surface area contributed by atoms with Gasteiger partial charge in [0, 0.05) is 18.0 Å². The molecule has 0 fully saturated rings. The van der Waals surface area contributed by atoms with Crippen molar-refractivity contribution in [2.24, 2.45) is 5.73 Å². The summed E-state index contributed by atoms with van der Waals surface area (Å²) < 4.78 is 5.13. The van der Waals surface area contributed by atoms with Gasteiger partial charge in [-0.1, -0.05) is 17.3 Å². The fourth-order valence-corrected chi connectivity index (χ4v) is 1.60. The lowest BCUT2D eigenvalue weighted by Crippen LogP contribution is -2.38. The molecule has 3 N–H and O–H groups in total. The average Bonchev–Trinajstić information content (AvgIpc) is 2.72. The van der Waals surface area contributed by atoms with Gasteiger partial charge in [-0.05, 0) is 19.1 Å². The quantitative estimate of drug-likeness (QED) is 0.819. The topological polar surface area (TPSA) is 81.1 Å². The highest BCUT2D eigenvalue weighted by molar-refractivity contribution is 5.86. The first-order chi connectivity index (χ1) is 8.20. The summed E-state index contributed by atoms with van der Waals surface area (Å²) in [5.41, 5.74) is 6.79. The molecule has 1 atom stereocenters. The van der Waals surface area contributed by atoms with Crippen molar-refractivity contribution in [1.29, 1.82) is 0 Å². The number of nitrogens with one attached hydrogen (secondary N) is 1. The summed E-state index contributed by atoms with van der Waals surface area (Å²) in [4.78, 5) is 11.7. The second-order valence-corrected chi connectivity index (χ2v) is 4.01. The minimum Gasteiger partial charge on any atom is -0.356 e. The predicted octanol–water partition coefficient (Wildman–Crippen LogP) is 0.834. The van der Waals surface area contributed by atoms with Crippen LogP contribution in [0.3, 0.4) is 0 Å². The number of aromatic nitrogens is 1. The molecule has 0 aliphatic carbocycles. The van der Waals surface area contributed by atoms with Crippen LogP contribution >= 0.6 is 0 Å². The lowest BCUT2D eigenvalue weighted by Gasteiger charge is -2.09. The Hall–Kier alpha value is -1.88. The maximum Gasteiger partial charge on any atom is 0.226 e. The van der Waals surface area contributed by atoms with Crippen molar-refractivity contribution in [3.8, 4) is 0 Å². The first-order valence-electron chi connectivity index (χ1n) is 5.53. The summed E-state index contributed by atoms with van der Waals surface area (Å²) >= 11 is 0. The van der Waals surface area contributed by atoms with Gasteiger partial charge in [-0.3, -0.25) is 4.79 Å². The van der Waals surface area contributed by atoms with E-state index in [1.165, 1.54) is 0 Å². The summed E-state index contributed by atoms with van der Waals surface area (Å²) in [6.45, 7) is 2.28. The Bertz CT molecular complexity index is 521. The molecule has 1 aromatic heterocycles. The predicted molar refractivity (Wildman–Crippen MR) is 64.4 cm³/mol. The third kappa shape index (κ3) is 2.62. The first kappa shape index (κ1) is 11.6. The summed E-state index contributed by atoms with van der Waals surface area (Å²) in [7, 11) is 0. The Morgan fingerprint density at radius 1 is 1.53 bits per heavy atom. The van der Waals surface area contributed by atoms with Gasteiger partial charge in [-0.15, -0.1) is 0 Å². The molecule has 0 saturated carbocycles. The zero-order valence-electron chi connectivity index (χ0n) is 9.64. The summed E-state index contributed by atoms with van der Waals surface area (Å²) in [5.74, 6) is -0.0954. The number of amides is 1. The van der Waals surface area contributed by atoms with Crippen LogP contribution in [0.4, 0.5) is 0 Å². The van der Waals surface area contributed by atoms with Gasteiger partial charge >= 0.3 is 0 Å². The highest BCUT2D eigenvalue weighted by Crippen LogP contribution is 2.17. The van der Waals surface area contributed by atoms with E-state index < -0.39 is 0 Å². The molecule has 1 aromatic carbocycles. The number of para-hydroxylation sites is 1. The molecule has 0 spiro atoms. The Morgan fingerprint density at radius 2 is 2.29 bits per heavy atom. The second-order valence-electron chi connectivity index (χ2n) is 4.01. The van der Waals surface area contributed by atoms with Crippen LogP contribution in [0.15, 0.2) is 28.8 Å². The van der Waals surface area contributed by atoms with E-state index in [9.17, 15) is 4.79 Å². The number of benzene rings is 1. The molecule has 5 nitrogen and oxygen atoms in total. The van der Waals surface area contributed by atoms with Gasteiger partial charge in [0.2, 0.25) is 5.91 Å². The Labute approximate surface area is 99.0 Å². The van der Waals surface area contributed by atoms with Gasteiger partial charge in [0.1, 0.15) is 5.69 Å². The van der Waals surface area contributed by atoms with E-state index in [4.69, 9.17) is 10.3 Å². The van der Waals surface area contributed by atoms with E-state index in [1.54, 1.807) is 0 Å². The van der Waals surface area contributed by atoms with Crippen LogP contribution in [0.5, 0.6) is 0 Å². The molecule has 17 heavy (non-hydrogen) atoms. The SMILES string of the molecule is C[C@@H](CN)NC(=O)Cc1noc2ccccc12. The molecule has 5 heteroatoms. The average molecular weight is 233 g/mol. The molecule has 0 aliphatic heterocycles. The monoisotopic (exact) mass is 233 g/mol. The van der Waals surface area contributed by atoms with Crippen LogP contribution in [0.1, 0.15) is 12.6 Å². The van der Waals surface area contributed by atoms with Crippen LogP contribution in [0.25, 0.3) is 11.0 Å². The van der Waals surface area contributed by atoms with Crippen molar-refractivity contribution in [3.63, 3.8) is 0 Å². The van der Waals surface area contributed by atoms with Crippen molar-refractivity contribution in [3.05, 3.63) is 30.0 Å². The molecule has 1 heterocycles. The summed E-state index contributed by atoms with van der Waals surface area (Å²) in [6.07, 6.45) is 0.210. The largest absolute Gasteiger partial charge is 0.356 e. The second kappa shape index (κ2) is 4.97. The van der Waals surface area contributed by atoms with Gasteiger partial charge in [0.05, 0.1) is 6.42 Å². The number of hydrogen-bond acceptors (Lipinski definition) is 4. The fraction of sp³-hybridized carbons (Fsp3) is 0.333.